The monoisotopic (exact) mass is 151 g/mol. The molecule has 60 valence electrons. The first-order valence-corrected chi connectivity index (χ1v) is 2.87. The average Bonchev–Trinajstić information content (AvgIpc) is 1.87. The molecule has 0 atom stereocenters. The van der Waals surface area contributed by atoms with Crippen molar-refractivity contribution in [3.8, 4) is 0 Å². The number of aliphatic hydroxyl groups excluding tert-OH is 1. The predicted molar refractivity (Wildman–Crippen MR) is 32.7 cm³/mol. The summed E-state index contributed by atoms with van der Waals surface area (Å²) >= 11 is 0. The molecular formula is C5H10FNO3. The van der Waals surface area contributed by atoms with Crippen molar-refractivity contribution in [2.75, 3.05) is 26.4 Å². The van der Waals surface area contributed by atoms with E-state index in [0.717, 1.165) is 4.90 Å². The number of halogens is 1. The van der Waals surface area contributed by atoms with Crippen LogP contribution in [0.3, 0.4) is 0 Å². The van der Waals surface area contributed by atoms with E-state index in [4.69, 9.17) is 10.2 Å². The average molecular weight is 151 g/mol. The van der Waals surface area contributed by atoms with Crippen molar-refractivity contribution >= 4 is 6.09 Å². The van der Waals surface area contributed by atoms with Gasteiger partial charge in [-0.3, -0.25) is 0 Å². The molecule has 0 rings (SSSR count). The maximum absolute atomic E-state index is 11.5. The second kappa shape index (κ2) is 4.99. The van der Waals surface area contributed by atoms with Gasteiger partial charge in [-0.25, -0.2) is 9.18 Å². The van der Waals surface area contributed by atoms with Gasteiger partial charge in [0, 0.05) is 6.54 Å². The van der Waals surface area contributed by atoms with Crippen LogP contribution in [0.25, 0.3) is 0 Å². The molecule has 0 saturated heterocycles. The molecule has 0 aromatic rings. The standard InChI is InChI=1S/C5H10FNO3/c6-1-2-7(3-4-8)5(9)10/h8H,1-4H2,(H,9,10). The molecule has 0 saturated carbocycles. The number of rotatable bonds is 4. The molecule has 0 aromatic heterocycles. The minimum Gasteiger partial charge on any atom is -0.465 e. The summed E-state index contributed by atoms with van der Waals surface area (Å²) in [5.41, 5.74) is 0. The molecule has 0 bridgehead atoms. The Morgan fingerprint density at radius 1 is 1.50 bits per heavy atom. The third-order valence-electron chi connectivity index (χ3n) is 0.995. The van der Waals surface area contributed by atoms with Gasteiger partial charge in [0.05, 0.1) is 13.2 Å². The van der Waals surface area contributed by atoms with Gasteiger partial charge in [-0.2, -0.15) is 0 Å². The molecule has 1 amide bonds. The molecule has 0 spiro atoms. The molecule has 0 aliphatic heterocycles. The topological polar surface area (TPSA) is 60.8 Å². The van der Waals surface area contributed by atoms with Crippen molar-refractivity contribution in [2.45, 2.75) is 0 Å². The second-order valence-electron chi connectivity index (χ2n) is 1.68. The fourth-order valence-electron chi connectivity index (χ4n) is 0.526. The summed E-state index contributed by atoms with van der Waals surface area (Å²) in [4.78, 5) is 10.9. The van der Waals surface area contributed by atoms with Crippen LogP contribution in [0.1, 0.15) is 0 Å². The summed E-state index contributed by atoms with van der Waals surface area (Å²) in [6.45, 7) is -1.19. The van der Waals surface area contributed by atoms with E-state index in [1.807, 2.05) is 0 Å². The molecule has 5 heteroatoms. The van der Waals surface area contributed by atoms with E-state index in [0.29, 0.717) is 0 Å². The number of carboxylic acid groups (broad SMARTS) is 1. The highest BCUT2D eigenvalue weighted by Crippen LogP contribution is 1.87. The third-order valence-corrected chi connectivity index (χ3v) is 0.995. The zero-order chi connectivity index (χ0) is 7.98. The maximum atomic E-state index is 11.5. The summed E-state index contributed by atoms with van der Waals surface area (Å²) in [5, 5.41) is 16.6. The minimum atomic E-state index is -1.20. The number of aliphatic hydroxyl groups is 1. The van der Waals surface area contributed by atoms with E-state index >= 15 is 0 Å². The highest BCUT2D eigenvalue weighted by molar-refractivity contribution is 5.64. The number of hydrogen-bond acceptors (Lipinski definition) is 2. The van der Waals surface area contributed by atoms with Gasteiger partial charge in [-0.1, -0.05) is 0 Å². The summed E-state index contributed by atoms with van der Waals surface area (Å²) < 4.78 is 11.5. The third kappa shape index (κ3) is 3.24. The summed E-state index contributed by atoms with van der Waals surface area (Å²) in [5.74, 6) is 0. The number of nitrogens with zero attached hydrogens (tertiary/aromatic N) is 1. The van der Waals surface area contributed by atoms with Gasteiger partial charge in [-0.15, -0.1) is 0 Å². The summed E-state index contributed by atoms with van der Waals surface area (Å²) in [7, 11) is 0. The van der Waals surface area contributed by atoms with Crippen LogP contribution in [0.15, 0.2) is 0 Å². The van der Waals surface area contributed by atoms with Crippen molar-refractivity contribution in [2.24, 2.45) is 0 Å². The Morgan fingerprint density at radius 3 is 2.40 bits per heavy atom. The molecular weight excluding hydrogens is 141 g/mol. The number of hydrogen-bond donors (Lipinski definition) is 2. The molecule has 10 heavy (non-hydrogen) atoms. The highest BCUT2D eigenvalue weighted by Gasteiger charge is 2.08. The van der Waals surface area contributed by atoms with E-state index in [1.165, 1.54) is 0 Å². The summed E-state index contributed by atoms with van der Waals surface area (Å²) in [6.07, 6.45) is -1.20. The number of amides is 1. The largest absolute Gasteiger partial charge is 0.465 e. The summed E-state index contributed by atoms with van der Waals surface area (Å²) in [6, 6.07) is 0. The van der Waals surface area contributed by atoms with Gasteiger partial charge in [-0.05, 0) is 0 Å². The van der Waals surface area contributed by atoms with Gasteiger partial charge in [0.1, 0.15) is 6.67 Å². The van der Waals surface area contributed by atoms with Gasteiger partial charge in [0.2, 0.25) is 0 Å². The Morgan fingerprint density at radius 2 is 2.10 bits per heavy atom. The van der Waals surface area contributed by atoms with Crippen molar-refractivity contribution < 1.29 is 19.4 Å². The van der Waals surface area contributed by atoms with Crippen LogP contribution < -0.4 is 0 Å². The fraction of sp³-hybridized carbons (Fsp3) is 0.800. The highest BCUT2D eigenvalue weighted by atomic mass is 19.1. The van der Waals surface area contributed by atoms with Crippen LogP contribution in [0.2, 0.25) is 0 Å². The van der Waals surface area contributed by atoms with E-state index < -0.39 is 12.8 Å². The molecule has 0 aliphatic carbocycles. The maximum Gasteiger partial charge on any atom is 0.407 e. The lowest BCUT2D eigenvalue weighted by Gasteiger charge is -2.14. The first-order chi connectivity index (χ1) is 4.72. The second-order valence-corrected chi connectivity index (χ2v) is 1.68. The number of carbonyl (C=O) groups is 1. The molecule has 0 aliphatic rings. The lowest BCUT2D eigenvalue weighted by molar-refractivity contribution is 0.128. The lowest BCUT2D eigenvalue weighted by Crippen LogP contribution is -2.33. The zero-order valence-corrected chi connectivity index (χ0v) is 5.46. The molecule has 0 fully saturated rings. The molecule has 0 aromatic carbocycles. The zero-order valence-electron chi connectivity index (χ0n) is 5.46. The molecule has 4 nitrogen and oxygen atoms in total. The first-order valence-electron chi connectivity index (χ1n) is 2.87. The smallest absolute Gasteiger partial charge is 0.407 e. The van der Waals surface area contributed by atoms with Crippen molar-refractivity contribution in [3.63, 3.8) is 0 Å². The number of alkyl halides is 1. The van der Waals surface area contributed by atoms with Gasteiger partial charge < -0.3 is 15.1 Å². The Kier molecular flexibility index (Phi) is 4.57. The molecule has 0 unspecified atom stereocenters. The van der Waals surface area contributed by atoms with Crippen LogP contribution >= 0.6 is 0 Å². The first kappa shape index (κ1) is 9.16. The van der Waals surface area contributed by atoms with Gasteiger partial charge in [0.25, 0.3) is 0 Å². The van der Waals surface area contributed by atoms with E-state index in [2.05, 4.69) is 0 Å². The SMILES string of the molecule is O=C(O)N(CCO)CCF. The normalized spacial score (nSPS) is 9.40. The van der Waals surface area contributed by atoms with Crippen molar-refractivity contribution in [3.05, 3.63) is 0 Å². The van der Waals surface area contributed by atoms with Crippen LogP contribution in [0, 0.1) is 0 Å². The van der Waals surface area contributed by atoms with Crippen LogP contribution in [0.5, 0.6) is 0 Å². The van der Waals surface area contributed by atoms with Gasteiger partial charge >= 0.3 is 6.09 Å². The van der Waals surface area contributed by atoms with Crippen molar-refractivity contribution in [1.82, 2.24) is 4.90 Å². The Balaban J connectivity index is 3.61. The molecule has 0 radical (unpaired) electrons. The van der Waals surface area contributed by atoms with E-state index in [1.54, 1.807) is 0 Å². The Bertz CT molecular complexity index is 103. The quantitative estimate of drug-likeness (QED) is 0.591. The van der Waals surface area contributed by atoms with Crippen LogP contribution in [-0.2, 0) is 0 Å². The predicted octanol–water partition coefficient (Wildman–Crippen LogP) is -0.0718. The van der Waals surface area contributed by atoms with Crippen LogP contribution in [-0.4, -0.2) is 47.6 Å². The van der Waals surface area contributed by atoms with Crippen molar-refractivity contribution in [1.29, 1.82) is 0 Å². The van der Waals surface area contributed by atoms with E-state index in [-0.39, 0.29) is 19.7 Å². The van der Waals surface area contributed by atoms with Gasteiger partial charge in [0.15, 0.2) is 0 Å². The molecule has 2 N–H and O–H groups in total. The Hall–Kier alpha value is -0.840. The molecule has 0 heterocycles. The van der Waals surface area contributed by atoms with E-state index in [9.17, 15) is 9.18 Å². The Labute approximate surface area is 57.9 Å². The minimum absolute atomic E-state index is 0.0285. The van der Waals surface area contributed by atoms with Crippen LogP contribution in [0.4, 0.5) is 9.18 Å². The fourth-order valence-corrected chi connectivity index (χ4v) is 0.526. The lowest BCUT2D eigenvalue weighted by atomic mass is 10.5.